The van der Waals surface area contributed by atoms with Gasteiger partial charge in [0, 0.05) is 0 Å². The highest BCUT2D eigenvalue weighted by atomic mass is 31.3. The van der Waals surface area contributed by atoms with Gasteiger partial charge in [0.25, 0.3) is 0 Å². The van der Waals surface area contributed by atoms with Gasteiger partial charge in [-0.25, -0.2) is 9.13 Å². The van der Waals surface area contributed by atoms with Gasteiger partial charge in [-0.15, -0.1) is 0 Å². The molecule has 0 heterocycles. The van der Waals surface area contributed by atoms with Crippen LogP contribution in [0.3, 0.4) is 0 Å². The number of rotatable bonds is 8. The van der Waals surface area contributed by atoms with Gasteiger partial charge in [0.05, 0.1) is 0 Å². The van der Waals surface area contributed by atoms with Gasteiger partial charge >= 0.3 is 15.6 Å². The van der Waals surface area contributed by atoms with Gasteiger partial charge in [-0.05, 0) is 24.3 Å². The van der Waals surface area contributed by atoms with Crippen LogP contribution in [0.4, 0.5) is 0 Å². The van der Waals surface area contributed by atoms with Crippen LogP contribution in [0.25, 0.3) is 0 Å². The van der Waals surface area contributed by atoms with Crippen molar-refractivity contribution in [3.63, 3.8) is 0 Å². The molecule has 2 rings (SSSR count). The van der Waals surface area contributed by atoms with Crippen molar-refractivity contribution in [2.45, 2.75) is 0 Å². The molecule has 23 heavy (non-hydrogen) atoms. The van der Waals surface area contributed by atoms with Gasteiger partial charge < -0.3 is 19.0 Å². The molecular weight excluding hydrogens is 346 g/mol. The third-order valence-corrected chi connectivity index (χ3v) is 5.28. The van der Waals surface area contributed by atoms with Crippen molar-refractivity contribution >= 4 is 15.6 Å². The van der Waals surface area contributed by atoms with Crippen LogP contribution in [0, 0.1) is 0 Å². The summed E-state index contributed by atoms with van der Waals surface area (Å²) < 4.78 is 43.1. The second kappa shape index (κ2) is 7.75. The first-order valence-electron chi connectivity index (χ1n) is 6.31. The summed E-state index contributed by atoms with van der Waals surface area (Å²) in [4.78, 5) is 9.42. The van der Waals surface area contributed by atoms with Crippen LogP contribution < -0.4 is 9.05 Å². The van der Waals surface area contributed by atoms with Crippen LogP contribution in [0.15, 0.2) is 60.7 Å². The molecule has 0 spiro atoms. The van der Waals surface area contributed by atoms with E-state index in [0.717, 1.165) is 0 Å². The van der Waals surface area contributed by atoms with Crippen molar-refractivity contribution < 1.29 is 37.0 Å². The summed E-state index contributed by atoms with van der Waals surface area (Å²) in [5.74, 6) is 0.187. The molecule has 0 aliphatic carbocycles. The lowest BCUT2D eigenvalue weighted by atomic mass is 10.3. The number of hydrogen-bond acceptors (Lipinski definition) is 7. The highest BCUT2D eigenvalue weighted by molar-refractivity contribution is 7.62. The summed E-state index contributed by atoms with van der Waals surface area (Å²) in [6.45, 7) is -1.11. The number of phosphoric acid groups is 2. The standard InChI is InChI=1S/C13H14O8P2/c14-11-18-22(15,16)21-23(17,19-12-7-3-1-4-8-12)20-13-9-5-2-6-10-13/h1-10,14H,11H2,(H,15,16). The Morgan fingerprint density at radius 3 is 1.65 bits per heavy atom. The zero-order valence-electron chi connectivity index (χ0n) is 11.7. The number of aliphatic hydroxyl groups is 1. The monoisotopic (exact) mass is 360 g/mol. The lowest BCUT2D eigenvalue weighted by Gasteiger charge is -2.20. The fourth-order valence-electron chi connectivity index (χ4n) is 1.50. The molecule has 1 atom stereocenters. The number of benzene rings is 2. The zero-order valence-corrected chi connectivity index (χ0v) is 13.5. The van der Waals surface area contributed by atoms with Crippen LogP contribution in [0.5, 0.6) is 11.5 Å². The zero-order chi connectivity index (χ0) is 16.8. The second-order valence-electron chi connectivity index (χ2n) is 4.06. The van der Waals surface area contributed by atoms with Crippen LogP contribution in [-0.2, 0) is 18.0 Å². The Morgan fingerprint density at radius 1 is 0.826 bits per heavy atom. The molecule has 0 fully saturated rings. The summed E-state index contributed by atoms with van der Waals surface area (Å²) in [5, 5.41) is 8.57. The minimum Gasteiger partial charge on any atom is -0.395 e. The third-order valence-electron chi connectivity index (χ3n) is 2.34. The average Bonchev–Trinajstić information content (AvgIpc) is 2.48. The first-order chi connectivity index (χ1) is 10.9. The van der Waals surface area contributed by atoms with E-state index in [4.69, 9.17) is 14.2 Å². The highest BCUT2D eigenvalue weighted by Gasteiger charge is 2.41. The SMILES string of the molecule is O=P(O)(OCO)OP(=O)(Oc1ccccc1)Oc1ccccc1. The van der Waals surface area contributed by atoms with Crippen molar-refractivity contribution in [1.29, 1.82) is 0 Å². The average molecular weight is 360 g/mol. The first kappa shape index (κ1) is 17.7. The largest absolute Gasteiger partial charge is 0.596 e. The third kappa shape index (κ3) is 5.80. The Bertz CT molecular complexity index is 661. The molecule has 0 amide bonds. The normalized spacial score (nSPS) is 14.0. The van der Waals surface area contributed by atoms with Crippen LogP contribution in [0.1, 0.15) is 0 Å². The Labute approximate surface area is 132 Å². The van der Waals surface area contributed by atoms with Gasteiger partial charge in [0.2, 0.25) is 0 Å². The van der Waals surface area contributed by atoms with E-state index in [1.54, 1.807) is 36.4 Å². The maximum absolute atomic E-state index is 12.7. The van der Waals surface area contributed by atoms with E-state index in [0.29, 0.717) is 0 Å². The number of aliphatic hydroxyl groups excluding tert-OH is 1. The predicted octanol–water partition coefficient (Wildman–Crippen LogP) is 3.34. The van der Waals surface area contributed by atoms with Crippen molar-refractivity contribution in [2.24, 2.45) is 0 Å². The fourth-order valence-corrected chi connectivity index (χ4v) is 3.90. The summed E-state index contributed by atoms with van der Waals surface area (Å²) in [6, 6.07) is 15.6. The first-order valence-corrected chi connectivity index (χ1v) is 9.27. The van der Waals surface area contributed by atoms with E-state index in [1.807, 2.05) is 0 Å². The van der Waals surface area contributed by atoms with Crippen molar-refractivity contribution in [3.05, 3.63) is 60.7 Å². The Balaban J connectivity index is 2.26. The van der Waals surface area contributed by atoms with Crippen molar-refractivity contribution in [3.8, 4) is 11.5 Å². The van der Waals surface area contributed by atoms with Crippen molar-refractivity contribution in [1.82, 2.24) is 0 Å². The smallest absolute Gasteiger partial charge is 0.395 e. The number of para-hydroxylation sites is 2. The van der Waals surface area contributed by atoms with E-state index in [2.05, 4.69) is 8.83 Å². The molecule has 1 unspecified atom stereocenters. The molecule has 0 radical (unpaired) electrons. The van der Waals surface area contributed by atoms with Crippen LogP contribution in [0.2, 0.25) is 0 Å². The summed E-state index contributed by atoms with van der Waals surface area (Å²) >= 11 is 0. The predicted molar refractivity (Wildman–Crippen MR) is 80.8 cm³/mol. The molecule has 0 saturated heterocycles. The number of hydrogen-bond donors (Lipinski definition) is 2. The Kier molecular flexibility index (Phi) is 5.96. The van der Waals surface area contributed by atoms with Gasteiger partial charge in [-0.2, -0.15) is 4.31 Å². The highest BCUT2D eigenvalue weighted by Crippen LogP contribution is 2.62. The van der Waals surface area contributed by atoms with Gasteiger partial charge in [-0.3, -0.25) is 4.52 Å². The quantitative estimate of drug-likeness (QED) is 0.545. The molecule has 0 saturated carbocycles. The van der Waals surface area contributed by atoms with Gasteiger partial charge in [-0.1, -0.05) is 36.4 Å². The van der Waals surface area contributed by atoms with E-state index >= 15 is 0 Å². The van der Waals surface area contributed by atoms with Gasteiger partial charge in [0.1, 0.15) is 11.5 Å². The molecular formula is C13H14O8P2. The molecule has 2 aromatic rings. The number of phosphoric ester groups is 2. The molecule has 8 nitrogen and oxygen atoms in total. The van der Waals surface area contributed by atoms with Crippen LogP contribution in [-0.4, -0.2) is 16.8 Å². The van der Waals surface area contributed by atoms with Crippen LogP contribution >= 0.6 is 15.6 Å². The Morgan fingerprint density at radius 2 is 1.26 bits per heavy atom. The topological polar surface area (TPSA) is 112 Å². The molecule has 124 valence electrons. The summed E-state index contributed by atoms with van der Waals surface area (Å²) in [5.41, 5.74) is 0. The molecule has 0 bridgehead atoms. The minimum absolute atomic E-state index is 0.0933. The fraction of sp³-hybridized carbons (Fsp3) is 0.0769. The van der Waals surface area contributed by atoms with E-state index in [9.17, 15) is 14.0 Å². The molecule has 10 heteroatoms. The second-order valence-corrected chi connectivity index (χ2v) is 7.17. The lowest BCUT2D eigenvalue weighted by molar-refractivity contribution is 0.0654. The van der Waals surface area contributed by atoms with E-state index in [-0.39, 0.29) is 11.5 Å². The lowest BCUT2D eigenvalue weighted by Crippen LogP contribution is -2.05. The maximum Gasteiger partial charge on any atom is 0.596 e. The summed E-state index contributed by atoms with van der Waals surface area (Å²) in [7, 11) is -9.41. The van der Waals surface area contributed by atoms with Crippen molar-refractivity contribution in [2.75, 3.05) is 6.79 Å². The maximum atomic E-state index is 12.7. The molecule has 0 aromatic heterocycles. The van der Waals surface area contributed by atoms with Gasteiger partial charge in [0.15, 0.2) is 6.79 Å². The minimum atomic E-state index is -4.85. The molecule has 2 aromatic carbocycles. The molecule has 0 aliphatic rings. The van der Waals surface area contributed by atoms with E-state index < -0.39 is 22.4 Å². The molecule has 0 aliphatic heterocycles. The van der Waals surface area contributed by atoms with E-state index in [1.165, 1.54) is 24.3 Å². The molecule has 2 N–H and O–H groups in total. The Hall–Kier alpha value is -1.66. The summed E-state index contributed by atoms with van der Waals surface area (Å²) in [6.07, 6.45) is 0.